The van der Waals surface area contributed by atoms with Crippen LogP contribution in [0.3, 0.4) is 0 Å². The highest BCUT2D eigenvalue weighted by Crippen LogP contribution is 2.38. The Bertz CT molecular complexity index is 585. The zero-order valence-corrected chi connectivity index (χ0v) is 11.8. The SMILES string of the molecule is CC(c1ccccc1)(c1ccccc1)C(C(N)=O)C(N)=O. The summed E-state index contributed by atoms with van der Waals surface area (Å²) in [6, 6.07) is 18.6. The van der Waals surface area contributed by atoms with Gasteiger partial charge >= 0.3 is 0 Å². The standard InChI is InChI=1S/C17H18N2O2/c1-17(12-8-4-2-5-9-12,13-10-6-3-7-11-13)14(15(18)20)16(19)21/h2-11,14H,1H3,(H2,18,20)(H2,19,21). The van der Waals surface area contributed by atoms with Gasteiger partial charge in [0.1, 0.15) is 5.92 Å². The molecule has 2 amide bonds. The normalized spacial score (nSPS) is 11.3. The fraction of sp³-hybridized carbons (Fsp3) is 0.176. The van der Waals surface area contributed by atoms with Crippen LogP contribution in [-0.4, -0.2) is 11.8 Å². The van der Waals surface area contributed by atoms with E-state index in [9.17, 15) is 9.59 Å². The third-order valence-corrected chi connectivity index (χ3v) is 3.89. The quantitative estimate of drug-likeness (QED) is 0.816. The molecule has 2 aromatic rings. The first-order chi connectivity index (χ1) is 9.98. The van der Waals surface area contributed by atoms with Gasteiger partial charge in [0.15, 0.2) is 0 Å². The maximum absolute atomic E-state index is 11.9. The monoisotopic (exact) mass is 282 g/mol. The molecule has 21 heavy (non-hydrogen) atoms. The summed E-state index contributed by atoms with van der Waals surface area (Å²) in [5.74, 6) is -2.57. The van der Waals surface area contributed by atoms with Crippen LogP contribution in [0, 0.1) is 5.92 Å². The van der Waals surface area contributed by atoms with E-state index in [-0.39, 0.29) is 0 Å². The summed E-state index contributed by atoms with van der Waals surface area (Å²) in [7, 11) is 0. The first-order valence-electron chi connectivity index (χ1n) is 6.67. The fourth-order valence-electron chi connectivity index (χ4n) is 2.78. The van der Waals surface area contributed by atoms with E-state index in [1.807, 2.05) is 67.6 Å². The number of amides is 2. The number of carbonyl (C=O) groups excluding carboxylic acids is 2. The second-order valence-electron chi connectivity index (χ2n) is 5.17. The van der Waals surface area contributed by atoms with Crippen molar-refractivity contribution < 1.29 is 9.59 Å². The maximum Gasteiger partial charge on any atom is 0.231 e. The molecular formula is C17H18N2O2. The van der Waals surface area contributed by atoms with Gasteiger partial charge in [0, 0.05) is 5.41 Å². The topological polar surface area (TPSA) is 86.2 Å². The summed E-state index contributed by atoms with van der Waals surface area (Å²) in [6.45, 7) is 1.82. The third-order valence-electron chi connectivity index (χ3n) is 3.89. The van der Waals surface area contributed by atoms with E-state index in [1.54, 1.807) is 0 Å². The Labute approximate surface area is 123 Å². The van der Waals surface area contributed by atoms with E-state index >= 15 is 0 Å². The third kappa shape index (κ3) is 2.65. The number of rotatable bonds is 5. The van der Waals surface area contributed by atoms with Gasteiger partial charge < -0.3 is 11.5 Å². The van der Waals surface area contributed by atoms with Crippen LogP contribution in [0.15, 0.2) is 60.7 Å². The van der Waals surface area contributed by atoms with Gasteiger partial charge in [0.2, 0.25) is 11.8 Å². The second kappa shape index (κ2) is 5.79. The molecule has 0 heterocycles. The van der Waals surface area contributed by atoms with Crippen molar-refractivity contribution in [2.75, 3.05) is 0 Å². The largest absolute Gasteiger partial charge is 0.369 e. The van der Waals surface area contributed by atoms with Gasteiger partial charge in [-0.2, -0.15) is 0 Å². The van der Waals surface area contributed by atoms with Gasteiger partial charge in [-0.15, -0.1) is 0 Å². The van der Waals surface area contributed by atoms with E-state index in [2.05, 4.69) is 0 Å². The molecule has 0 atom stereocenters. The summed E-state index contributed by atoms with van der Waals surface area (Å²) >= 11 is 0. The lowest BCUT2D eigenvalue weighted by Crippen LogP contribution is -2.49. The minimum absolute atomic E-state index is 0.724. The van der Waals surface area contributed by atoms with E-state index in [4.69, 9.17) is 11.5 Å². The Hall–Kier alpha value is -2.62. The summed E-state index contributed by atoms with van der Waals surface area (Å²) in [4.78, 5) is 23.7. The molecule has 108 valence electrons. The average Bonchev–Trinajstić information content (AvgIpc) is 2.48. The molecule has 0 aliphatic rings. The maximum atomic E-state index is 11.9. The molecule has 2 rings (SSSR count). The zero-order valence-electron chi connectivity index (χ0n) is 11.8. The van der Waals surface area contributed by atoms with E-state index < -0.39 is 23.1 Å². The summed E-state index contributed by atoms with van der Waals surface area (Å²) in [5, 5.41) is 0. The minimum Gasteiger partial charge on any atom is -0.369 e. The number of benzene rings is 2. The van der Waals surface area contributed by atoms with Crippen molar-refractivity contribution in [1.29, 1.82) is 0 Å². The number of primary amides is 2. The Balaban J connectivity index is 2.71. The van der Waals surface area contributed by atoms with Crippen LogP contribution in [0.25, 0.3) is 0 Å². The van der Waals surface area contributed by atoms with Crippen molar-refractivity contribution in [2.24, 2.45) is 17.4 Å². The molecule has 0 bridgehead atoms. The van der Waals surface area contributed by atoms with Gasteiger partial charge in [-0.25, -0.2) is 0 Å². The van der Waals surface area contributed by atoms with Gasteiger partial charge in [-0.1, -0.05) is 67.6 Å². The lowest BCUT2D eigenvalue weighted by atomic mass is 9.66. The van der Waals surface area contributed by atoms with Crippen LogP contribution in [0.5, 0.6) is 0 Å². The molecule has 4 nitrogen and oxygen atoms in total. The summed E-state index contributed by atoms with van der Waals surface area (Å²) < 4.78 is 0. The highest BCUT2D eigenvalue weighted by molar-refractivity contribution is 6.01. The lowest BCUT2D eigenvalue weighted by Gasteiger charge is -2.35. The van der Waals surface area contributed by atoms with Gasteiger partial charge in [0.25, 0.3) is 0 Å². The van der Waals surface area contributed by atoms with Crippen LogP contribution >= 0.6 is 0 Å². The smallest absolute Gasteiger partial charge is 0.231 e. The van der Waals surface area contributed by atoms with Crippen LogP contribution in [0.2, 0.25) is 0 Å². The molecule has 0 radical (unpaired) electrons. The number of hydrogen-bond donors (Lipinski definition) is 2. The number of hydrogen-bond acceptors (Lipinski definition) is 2. The molecule has 0 aliphatic heterocycles. The Morgan fingerprint density at radius 2 is 1.14 bits per heavy atom. The van der Waals surface area contributed by atoms with E-state index in [1.165, 1.54) is 0 Å². The van der Waals surface area contributed by atoms with Gasteiger partial charge in [0.05, 0.1) is 0 Å². The predicted octanol–water partition coefficient (Wildman–Crippen LogP) is 1.58. The minimum atomic E-state index is -1.12. The molecule has 0 aliphatic carbocycles. The molecule has 0 saturated heterocycles. The molecule has 0 spiro atoms. The Kier molecular flexibility index (Phi) is 4.08. The van der Waals surface area contributed by atoms with Crippen molar-refractivity contribution in [3.63, 3.8) is 0 Å². The molecule has 4 N–H and O–H groups in total. The van der Waals surface area contributed by atoms with Crippen LogP contribution in [0.1, 0.15) is 18.1 Å². The summed E-state index contributed by atoms with van der Waals surface area (Å²) in [6.07, 6.45) is 0. The van der Waals surface area contributed by atoms with Gasteiger partial charge in [-0.05, 0) is 11.1 Å². The first kappa shape index (κ1) is 14.8. The lowest BCUT2D eigenvalue weighted by molar-refractivity contribution is -0.133. The Morgan fingerprint density at radius 3 is 1.43 bits per heavy atom. The zero-order chi connectivity index (χ0) is 15.5. The van der Waals surface area contributed by atoms with Crippen LogP contribution < -0.4 is 11.5 Å². The van der Waals surface area contributed by atoms with Crippen molar-refractivity contribution in [2.45, 2.75) is 12.3 Å². The van der Waals surface area contributed by atoms with Crippen molar-refractivity contribution in [3.05, 3.63) is 71.8 Å². The number of nitrogens with two attached hydrogens (primary N) is 2. The average molecular weight is 282 g/mol. The van der Waals surface area contributed by atoms with Crippen molar-refractivity contribution in [1.82, 2.24) is 0 Å². The van der Waals surface area contributed by atoms with Crippen LogP contribution in [0.4, 0.5) is 0 Å². The second-order valence-corrected chi connectivity index (χ2v) is 5.17. The predicted molar refractivity (Wildman–Crippen MR) is 81.2 cm³/mol. The highest BCUT2D eigenvalue weighted by atomic mass is 16.2. The van der Waals surface area contributed by atoms with Gasteiger partial charge in [-0.3, -0.25) is 9.59 Å². The van der Waals surface area contributed by atoms with Crippen molar-refractivity contribution >= 4 is 11.8 Å². The molecule has 0 saturated carbocycles. The summed E-state index contributed by atoms with van der Waals surface area (Å²) in [5.41, 5.74) is 11.7. The fourth-order valence-corrected chi connectivity index (χ4v) is 2.78. The number of carbonyl (C=O) groups is 2. The first-order valence-corrected chi connectivity index (χ1v) is 6.67. The molecule has 4 heteroatoms. The van der Waals surface area contributed by atoms with E-state index in [0.717, 1.165) is 11.1 Å². The molecule has 2 aromatic carbocycles. The van der Waals surface area contributed by atoms with Crippen molar-refractivity contribution in [3.8, 4) is 0 Å². The Morgan fingerprint density at radius 1 is 0.810 bits per heavy atom. The molecule has 0 fully saturated rings. The van der Waals surface area contributed by atoms with E-state index in [0.29, 0.717) is 0 Å². The molecule has 0 aromatic heterocycles. The molecule has 0 unspecified atom stereocenters. The molecular weight excluding hydrogens is 264 g/mol. The highest BCUT2D eigenvalue weighted by Gasteiger charge is 2.44. The van der Waals surface area contributed by atoms with Crippen LogP contribution in [-0.2, 0) is 15.0 Å².